The van der Waals surface area contributed by atoms with Crippen LogP contribution in [0.15, 0.2) is 30.6 Å². The summed E-state index contributed by atoms with van der Waals surface area (Å²) >= 11 is 0. The normalized spacial score (nSPS) is 21.2. The van der Waals surface area contributed by atoms with Crippen LogP contribution in [0.3, 0.4) is 0 Å². The van der Waals surface area contributed by atoms with Crippen molar-refractivity contribution in [2.24, 2.45) is 0 Å². The van der Waals surface area contributed by atoms with E-state index in [1.165, 1.54) is 7.11 Å². The highest BCUT2D eigenvalue weighted by atomic mass is 16.6. The van der Waals surface area contributed by atoms with Crippen LogP contribution in [0.5, 0.6) is 0 Å². The lowest BCUT2D eigenvalue weighted by Crippen LogP contribution is -2.52. The summed E-state index contributed by atoms with van der Waals surface area (Å²) in [6.07, 6.45) is 9.43. The van der Waals surface area contributed by atoms with Crippen LogP contribution in [-0.2, 0) is 9.47 Å². The van der Waals surface area contributed by atoms with Crippen molar-refractivity contribution in [1.29, 1.82) is 0 Å². The van der Waals surface area contributed by atoms with Gasteiger partial charge in [-0.15, -0.1) is 0 Å². The predicted molar refractivity (Wildman–Crippen MR) is 116 cm³/mol. The summed E-state index contributed by atoms with van der Waals surface area (Å²) in [5.74, 6) is 0. The molecule has 0 saturated heterocycles. The zero-order chi connectivity index (χ0) is 21.5. The van der Waals surface area contributed by atoms with E-state index in [1.807, 2.05) is 42.2 Å². The Kier molecular flexibility index (Phi) is 5.08. The Morgan fingerprint density at radius 2 is 1.81 bits per heavy atom. The Hall–Kier alpha value is -3.03. The molecule has 31 heavy (non-hydrogen) atoms. The van der Waals surface area contributed by atoms with Gasteiger partial charge in [0, 0.05) is 11.8 Å². The van der Waals surface area contributed by atoms with Gasteiger partial charge in [-0.1, -0.05) is 6.07 Å². The first-order valence-corrected chi connectivity index (χ1v) is 11.1. The van der Waals surface area contributed by atoms with Crippen LogP contribution in [0.1, 0.15) is 51.5 Å². The molecule has 8 nitrogen and oxygen atoms in total. The van der Waals surface area contributed by atoms with E-state index >= 15 is 0 Å². The van der Waals surface area contributed by atoms with Crippen LogP contribution in [0.25, 0.3) is 11.1 Å². The minimum atomic E-state index is -0.438. The highest BCUT2D eigenvalue weighted by molar-refractivity contribution is 6.01. The number of aromatic nitrogens is 2. The second-order valence-corrected chi connectivity index (χ2v) is 8.73. The van der Waals surface area contributed by atoms with Gasteiger partial charge in [0.2, 0.25) is 0 Å². The Morgan fingerprint density at radius 1 is 1.03 bits per heavy atom. The SMILES string of the molecule is COC(=O)N1c2ccc(-c3cnn(C4CC4)c3)cc2N(C(=O)OC2CCCC2)CC1C. The number of hydrogen-bond acceptors (Lipinski definition) is 5. The molecule has 1 aromatic carbocycles. The molecule has 1 aromatic heterocycles. The average molecular weight is 425 g/mol. The van der Waals surface area contributed by atoms with E-state index in [2.05, 4.69) is 5.10 Å². The second kappa shape index (κ2) is 7.90. The number of carbonyl (C=O) groups is 2. The van der Waals surface area contributed by atoms with Crippen molar-refractivity contribution < 1.29 is 19.1 Å². The van der Waals surface area contributed by atoms with Crippen molar-refractivity contribution in [2.45, 2.75) is 63.6 Å². The molecule has 5 rings (SSSR count). The summed E-state index contributed by atoms with van der Waals surface area (Å²) in [7, 11) is 1.37. The maximum absolute atomic E-state index is 13.1. The summed E-state index contributed by atoms with van der Waals surface area (Å²) in [5.41, 5.74) is 3.24. The van der Waals surface area contributed by atoms with Gasteiger partial charge in [0.25, 0.3) is 0 Å². The van der Waals surface area contributed by atoms with Gasteiger partial charge in [0.05, 0.1) is 43.3 Å². The monoisotopic (exact) mass is 424 g/mol. The summed E-state index contributed by atoms with van der Waals surface area (Å²) < 4.78 is 12.8. The molecule has 2 heterocycles. The molecule has 2 saturated carbocycles. The fraction of sp³-hybridized carbons (Fsp3) is 0.522. The lowest BCUT2D eigenvalue weighted by molar-refractivity contribution is 0.107. The molecule has 2 aromatic rings. The predicted octanol–water partition coefficient (Wildman–Crippen LogP) is 4.75. The van der Waals surface area contributed by atoms with Gasteiger partial charge in [0.1, 0.15) is 6.10 Å². The van der Waals surface area contributed by atoms with Crippen LogP contribution in [0, 0.1) is 0 Å². The Labute approximate surface area is 181 Å². The van der Waals surface area contributed by atoms with E-state index in [1.54, 1.807) is 9.80 Å². The lowest BCUT2D eigenvalue weighted by atomic mass is 10.0. The van der Waals surface area contributed by atoms with Crippen molar-refractivity contribution in [3.63, 3.8) is 0 Å². The second-order valence-electron chi connectivity index (χ2n) is 8.73. The van der Waals surface area contributed by atoms with E-state index in [4.69, 9.17) is 9.47 Å². The zero-order valence-electron chi connectivity index (χ0n) is 18.0. The first-order valence-electron chi connectivity index (χ1n) is 11.1. The number of anilines is 2. The quantitative estimate of drug-likeness (QED) is 0.711. The van der Waals surface area contributed by atoms with E-state index < -0.39 is 6.09 Å². The van der Waals surface area contributed by atoms with Crippen LogP contribution >= 0.6 is 0 Å². The number of ether oxygens (including phenoxy) is 2. The highest BCUT2D eigenvalue weighted by Crippen LogP contribution is 2.41. The number of amides is 2. The molecule has 1 aliphatic heterocycles. The van der Waals surface area contributed by atoms with E-state index in [0.29, 0.717) is 24.0 Å². The van der Waals surface area contributed by atoms with Gasteiger partial charge in [-0.2, -0.15) is 5.10 Å². The topological polar surface area (TPSA) is 76.9 Å². The maximum Gasteiger partial charge on any atom is 0.414 e. The molecule has 2 fully saturated rings. The van der Waals surface area contributed by atoms with E-state index in [-0.39, 0.29) is 18.2 Å². The zero-order valence-corrected chi connectivity index (χ0v) is 18.0. The number of methoxy groups -OCH3 is 1. The van der Waals surface area contributed by atoms with E-state index in [9.17, 15) is 9.59 Å². The van der Waals surface area contributed by atoms with Crippen LogP contribution < -0.4 is 9.80 Å². The minimum absolute atomic E-state index is 0.0233. The van der Waals surface area contributed by atoms with Crippen molar-refractivity contribution in [1.82, 2.24) is 9.78 Å². The Morgan fingerprint density at radius 3 is 2.52 bits per heavy atom. The van der Waals surface area contributed by atoms with Crippen LogP contribution in [0.4, 0.5) is 21.0 Å². The molecule has 164 valence electrons. The minimum Gasteiger partial charge on any atom is -0.452 e. The van der Waals surface area contributed by atoms with Gasteiger partial charge >= 0.3 is 12.2 Å². The summed E-state index contributed by atoms with van der Waals surface area (Å²) in [4.78, 5) is 28.9. The van der Waals surface area contributed by atoms with Crippen molar-refractivity contribution in [2.75, 3.05) is 23.5 Å². The highest BCUT2D eigenvalue weighted by Gasteiger charge is 2.37. The molecular formula is C23H28N4O4. The number of carbonyl (C=O) groups excluding carboxylic acids is 2. The Balaban J connectivity index is 1.51. The van der Waals surface area contributed by atoms with Gasteiger partial charge in [-0.3, -0.25) is 14.5 Å². The molecule has 8 heteroatoms. The molecule has 3 aliphatic rings. The van der Waals surface area contributed by atoms with Crippen LogP contribution in [-0.4, -0.2) is 47.8 Å². The van der Waals surface area contributed by atoms with Gasteiger partial charge < -0.3 is 9.47 Å². The molecule has 0 N–H and O–H groups in total. The maximum atomic E-state index is 13.1. The molecule has 1 atom stereocenters. The molecule has 1 unspecified atom stereocenters. The Bertz CT molecular complexity index is 993. The van der Waals surface area contributed by atoms with Crippen molar-refractivity contribution >= 4 is 23.6 Å². The first-order chi connectivity index (χ1) is 15.0. The standard InChI is InChI=1S/C23H28N4O4/c1-15-13-25(22(28)31-19-5-3-4-6-19)21-11-16(7-10-20(21)27(15)23(29)30-2)17-12-24-26(14-17)18-8-9-18/h7,10-12,14-15,18-19H,3-6,8-9,13H2,1-2H3. The summed E-state index contributed by atoms with van der Waals surface area (Å²) in [5, 5.41) is 4.48. The summed E-state index contributed by atoms with van der Waals surface area (Å²) in [6.45, 7) is 2.25. The fourth-order valence-corrected chi connectivity index (χ4v) is 4.59. The first kappa shape index (κ1) is 19.9. The van der Waals surface area contributed by atoms with Crippen LogP contribution in [0.2, 0.25) is 0 Å². The van der Waals surface area contributed by atoms with Gasteiger partial charge in [-0.25, -0.2) is 9.59 Å². The molecule has 2 aliphatic carbocycles. The number of fused-ring (bicyclic) bond motifs is 1. The number of hydrogen-bond donors (Lipinski definition) is 0. The average Bonchev–Trinajstić information content (AvgIpc) is 3.28. The fourth-order valence-electron chi connectivity index (χ4n) is 4.59. The molecule has 0 spiro atoms. The molecular weight excluding hydrogens is 396 g/mol. The van der Waals surface area contributed by atoms with E-state index in [0.717, 1.165) is 49.7 Å². The lowest BCUT2D eigenvalue weighted by Gasteiger charge is -2.40. The summed E-state index contributed by atoms with van der Waals surface area (Å²) in [6, 6.07) is 6.05. The van der Waals surface area contributed by atoms with Gasteiger partial charge in [-0.05, 0) is 63.1 Å². The number of nitrogens with zero attached hydrogens (tertiary/aromatic N) is 4. The largest absolute Gasteiger partial charge is 0.452 e. The molecule has 2 amide bonds. The third-order valence-electron chi connectivity index (χ3n) is 6.43. The number of benzene rings is 1. The third-order valence-corrected chi connectivity index (χ3v) is 6.43. The van der Waals surface area contributed by atoms with Gasteiger partial charge in [0.15, 0.2) is 0 Å². The van der Waals surface area contributed by atoms with Crippen molar-refractivity contribution in [3.8, 4) is 11.1 Å². The third kappa shape index (κ3) is 3.75. The molecule has 0 bridgehead atoms. The number of rotatable bonds is 3. The smallest absolute Gasteiger partial charge is 0.414 e. The van der Waals surface area contributed by atoms with Crippen molar-refractivity contribution in [3.05, 3.63) is 30.6 Å². The molecule has 0 radical (unpaired) electrons.